The molecule has 0 spiro atoms. The standard InChI is InChI=1S/C15H21N5O/c16-12-2-3-14-13(10-12)15(19-11-18-14)17-4-1-5-20-6-8-21-9-7-20/h2-3,10-11H,1,4-9,16H2,(H,17,18,19). The third kappa shape index (κ3) is 3.59. The number of fused-ring (bicyclic) bond motifs is 1. The van der Waals surface area contributed by atoms with Crippen LogP contribution in [0.2, 0.25) is 0 Å². The number of nitrogens with one attached hydrogen (secondary N) is 1. The lowest BCUT2D eigenvalue weighted by Gasteiger charge is -2.26. The fraction of sp³-hybridized carbons (Fsp3) is 0.467. The molecule has 1 aromatic carbocycles. The highest BCUT2D eigenvalue weighted by Crippen LogP contribution is 2.21. The molecule has 21 heavy (non-hydrogen) atoms. The van der Waals surface area contributed by atoms with Crippen LogP contribution < -0.4 is 11.1 Å². The van der Waals surface area contributed by atoms with Crippen LogP contribution >= 0.6 is 0 Å². The summed E-state index contributed by atoms with van der Waals surface area (Å²) >= 11 is 0. The number of hydrogen-bond acceptors (Lipinski definition) is 6. The highest BCUT2D eigenvalue weighted by atomic mass is 16.5. The Balaban J connectivity index is 1.56. The van der Waals surface area contributed by atoms with Crippen LogP contribution in [0, 0.1) is 0 Å². The molecule has 0 radical (unpaired) electrons. The monoisotopic (exact) mass is 287 g/mol. The molecule has 0 aliphatic carbocycles. The van der Waals surface area contributed by atoms with Gasteiger partial charge in [-0.15, -0.1) is 0 Å². The molecule has 1 aliphatic heterocycles. The van der Waals surface area contributed by atoms with Crippen molar-refractivity contribution in [2.75, 3.05) is 50.4 Å². The molecule has 0 unspecified atom stereocenters. The zero-order valence-electron chi connectivity index (χ0n) is 12.1. The van der Waals surface area contributed by atoms with Gasteiger partial charge < -0.3 is 15.8 Å². The first kappa shape index (κ1) is 14.0. The van der Waals surface area contributed by atoms with E-state index in [0.717, 1.165) is 68.2 Å². The number of morpholine rings is 1. The summed E-state index contributed by atoms with van der Waals surface area (Å²) < 4.78 is 5.35. The lowest BCUT2D eigenvalue weighted by Crippen LogP contribution is -2.37. The van der Waals surface area contributed by atoms with Gasteiger partial charge in [0.05, 0.1) is 18.7 Å². The SMILES string of the molecule is Nc1ccc2ncnc(NCCCN3CCOCC3)c2c1. The number of nitrogens with zero attached hydrogens (tertiary/aromatic N) is 3. The Morgan fingerprint density at radius 3 is 2.95 bits per heavy atom. The van der Waals surface area contributed by atoms with Gasteiger partial charge >= 0.3 is 0 Å². The van der Waals surface area contributed by atoms with Crippen LogP contribution in [-0.2, 0) is 4.74 Å². The Kier molecular flexibility index (Phi) is 4.47. The predicted octanol–water partition coefficient (Wildman–Crippen LogP) is 1.35. The third-order valence-corrected chi connectivity index (χ3v) is 3.71. The van der Waals surface area contributed by atoms with E-state index in [1.807, 2.05) is 18.2 Å². The molecule has 2 heterocycles. The van der Waals surface area contributed by atoms with E-state index in [4.69, 9.17) is 10.5 Å². The zero-order chi connectivity index (χ0) is 14.5. The summed E-state index contributed by atoms with van der Waals surface area (Å²) in [4.78, 5) is 11.0. The van der Waals surface area contributed by atoms with E-state index >= 15 is 0 Å². The highest BCUT2D eigenvalue weighted by molar-refractivity contribution is 5.91. The predicted molar refractivity (Wildman–Crippen MR) is 84.3 cm³/mol. The van der Waals surface area contributed by atoms with Crippen molar-refractivity contribution in [1.82, 2.24) is 14.9 Å². The van der Waals surface area contributed by atoms with E-state index in [1.54, 1.807) is 6.33 Å². The molecule has 3 rings (SSSR count). The molecule has 3 N–H and O–H groups in total. The summed E-state index contributed by atoms with van der Waals surface area (Å²) in [7, 11) is 0. The van der Waals surface area contributed by atoms with Gasteiger partial charge in [0.15, 0.2) is 0 Å². The summed E-state index contributed by atoms with van der Waals surface area (Å²) in [5.41, 5.74) is 7.49. The van der Waals surface area contributed by atoms with Gasteiger partial charge in [-0.1, -0.05) is 0 Å². The molecule has 1 aliphatic rings. The molecule has 1 aromatic heterocycles. The summed E-state index contributed by atoms with van der Waals surface area (Å²) in [5, 5.41) is 4.37. The van der Waals surface area contributed by atoms with Crippen molar-refractivity contribution in [2.45, 2.75) is 6.42 Å². The van der Waals surface area contributed by atoms with Crippen molar-refractivity contribution >= 4 is 22.4 Å². The van der Waals surface area contributed by atoms with Gasteiger partial charge in [0, 0.05) is 30.7 Å². The number of rotatable bonds is 5. The van der Waals surface area contributed by atoms with E-state index in [1.165, 1.54) is 0 Å². The average molecular weight is 287 g/mol. The molecule has 0 saturated carbocycles. The first-order valence-electron chi connectivity index (χ1n) is 7.37. The number of benzene rings is 1. The fourth-order valence-electron chi connectivity index (χ4n) is 2.55. The molecule has 0 amide bonds. The third-order valence-electron chi connectivity index (χ3n) is 3.71. The maximum absolute atomic E-state index is 5.84. The lowest BCUT2D eigenvalue weighted by atomic mass is 10.2. The Morgan fingerprint density at radius 1 is 1.24 bits per heavy atom. The summed E-state index contributed by atoms with van der Waals surface area (Å²) in [6.45, 7) is 5.74. The lowest BCUT2D eigenvalue weighted by molar-refractivity contribution is 0.0378. The normalized spacial score (nSPS) is 16.2. The minimum Gasteiger partial charge on any atom is -0.399 e. The van der Waals surface area contributed by atoms with Crippen LogP contribution in [0.3, 0.4) is 0 Å². The molecule has 0 atom stereocenters. The smallest absolute Gasteiger partial charge is 0.137 e. The Hall–Kier alpha value is -1.92. The molecular weight excluding hydrogens is 266 g/mol. The zero-order valence-corrected chi connectivity index (χ0v) is 12.1. The largest absolute Gasteiger partial charge is 0.399 e. The molecule has 6 nitrogen and oxygen atoms in total. The summed E-state index contributed by atoms with van der Waals surface area (Å²) in [6.07, 6.45) is 2.66. The number of hydrogen-bond donors (Lipinski definition) is 2. The average Bonchev–Trinajstić information content (AvgIpc) is 2.53. The minimum atomic E-state index is 0.730. The van der Waals surface area contributed by atoms with Crippen molar-refractivity contribution < 1.29 is 4.74 Å². The van der Waals surface area contributed by atoms with Gasteiger partial charge in [0.25, 0.3) is 0 Å². The number of nitrogens with two attached hydrogens (primary N) is 1. The van der Waals surface area contributed by atoms with E-state index < -0.39 is 0 Å². The molecule has 112 valence electrons. The van der Waals surface area contributed by atoms with Crippen molar-refractivity contribution in [3.8, 4) is 0 Å². The van der Waals surface area contributed by atoms with Gasteiger partial charge in [-0.2, -0.15) is 0 Å². The van der Waals surface area contributed by atoms with E-state index in [9.17, 15) is 0 Å². The van der Waals surface area contributed by atoms with Gasteiger partial charge in [0.2, 0.25) is 0 Å². The molecule has 6 heteroatoms. The molecule has 2 aromatic rings. The number of nitrogen functional groups attached to an aromatic ring is 1. The second-order valence-electron chi connectivity index (χ2n) is 5.23. The van der Waals surface area contributed by atoms with Crippen LogP contribution in [0.5, 0.6) is 0 Å². The molecule has 0 bridgehead atoms. The van der Waals surface area contributed by atoms with Crippen molar-refractivity contribution in [3.05, 3.63) is 24.5 Å². The van der Waals surface area contributed by atoms with E-state index in [0.29, 0.717) is 0 Å². The molecule has 1 saturated heterocycles. The van der Waals surface area contributed by atoms with Crippen molar-refractivity contribution in [2.24, 2.45) is 0 Å². The Bertz CT molecular complexity index is 598. The van der Waals surface area contributed by atoms with Gasteiger partial charge in [-0.3, -0.25) is 4.90 Å². The Labute approximate surface area is 124 Å². The summed E-state index contributed by atoms with van der Waals surface area (Å²) in [5.74, 6) is 0.856. The second-order valence-corrected chi connectivity index (χ2v) is 5.23. The van der Waals surface area contributed by atoms with Crippen LogP contribution in [0.15, 0.2) is 24.5 Å². The first-order chi connectivity index (χ1) is 10.3. The van der Waals surface area contributed by atoms with E-state index in [2.05, 4.69) is 20.2 Å². The van der Waals surface area contributed by atoms with Crippen molar-refractivity contribution in [1.29, 1.82) is 0 Å². The second kappa shape index (κ2) is 6.69. The maximum atomic E-state index is 5.84. The van der Waals surface area contributed by atoms with Gasteiger partial charge in [-0.25, -0.2) is 9.97 Å². The van der Waals surface area contributed by atoms with Crippen LogP contribution in [0.25, 0.3) is 10.9 Å². The first-order valence-corrected chi connectivity index (χ1v) is 7.37. The number of anilines is 2. The molecule has 1 fully saturated rings. The van der Waals surface area contributed by atoms with Crippen LogP contribution in [0.4, 0.5) is 11.5 Å². The number of ether oxygens (including phenoxy) is 1. The topological polar surface area (TPSA) is 76.3 Å². The van der Waals surface area contributed by atoms with Gasteiger partial charge in [-0.05, 0) is 31.2 Å². The molecular formula is C15H21N5O. The number of aromatic nitrogens is 2. The van der Waals surface area contributed by atoms with Gasteiger partial charge in [0.1, 0.15) is 12.1 Å². The van der Waals surface area contributed by atoms with Crippen molar-refractivity contribution in [3.63, 3.8) is 0 Å². The Morgan fingerprint density at radius 2 is 2.10 bits per heavy atom. The fourth-order valence-corrected chi connectivity index (χ4v) is 2.55. The maximum Gasteiger partial charge on any atom is 0.137 e. The quantitative estimate of drug-likeness (QED) is 0.638. The minimum absolute atomic E-state index is 0.730. The summed E-state index contributed by atoms with van der Waals surface area (Å²) in [6, 6.07) is 5.70. The highest BCUT2D eigenvalue weighted by Gasteiger charge is 2.09. The van der Waals surface area contributed by atoms with E-state index in [-0.39, 0.29) is 0 Å². The van der Waals surface area contributed by atoms with Crippen LogP contribution in [-0.4, -0.2) is 54.3 Å². The van der Waals surface area contributed by atoms with Crippen LogP contribution in [0.1, 0.15) is 6.42 Å².